The topological polar surface area (TPSA) is 34.5 Å². The van der Waals surface area contributed by atoms with Crippen LogP contribution in [0.3, 0.4) is 0 Å². The van der Waals surface area contributed by atoms with E-state index in [9.17, 15) is 4.79 Å². The molecule has 0 spiro atoms. The highest BCUT2D eigenvalue weighted by atomic mass is 16.5. The van der Waals surface area contributed by atoms with Crippen LogP contribution in [0.25, 0.3) is 5.69 Å². The van der Waals surface area contributed by atoms with Crippen molar-refractivity contribution in [3.63, 3.8) is 0 Å². The van der Waals surface area contributed by atoms with Crippen LogP contribution >= 0.6 is 0 Å². The highest BCUT2D eigenvalue weighted by Gasteiger charge is 2.26. The van der Waals surface area contributed by atoms with Crippen molar-refractivity contribution in [1.82, 2.24) is 9.47 Å². The number of morpholine rings is 1. The van der Waals surface area contributed by atoms with E-state index in [1.165, 1.54) is 0 Å². The summed E-state index contributed by atoms with van der Waals surface area (Å²) in [7, 11) is 0. The van der Waals surface area contributed by atoms with Gasteiger partial charge in [-0.15, -0.1) is 0 Å². The van der Waals surface area contributed by atoms with E-state index in [1.807, 2.05) is 88.6 Å². The predicted molar refractivity (Wildman–Crippen MR) is 96.8 cm³/mol. The number of nitrogens with zero attached hydrogens (tertiary/aromatic N) is 2. The molecular weight excluding hydrogens is 312 g/mol. The van der Waals surface area contributed by atoms with Gasteiger partial charge in [-0.25, -0.2) is 0 Å². The second-order valence-electron chi connectivity index (χ2n) is 6.16. The number of hydrogen-bond acceptors (Lipinski definition) is 2. The zero-order valence-electron chi connectivity index (χ0n) is 13.9. The Morgan fingerprint density at radius 2 is 1.76 bits per heavy atom. The summed E-state index contributed by atoms with van der Waals surface area (Å²) >= 11 is 0. The third-order valence-electron chi connectivity index (χ3n) is 4.52. The van der Waals surface area contributed by atoms with Gasteiger partial charge in [-0.2, -0.15) is 0 Å². The average Bonchev–Trinajstić information content (AvgIpc) is 3.23. The summed E-state index contributed by atoms with van der Waals surface area (Å²) in [5.41, 5.74) is 2.81. The number of carbonyl (C=O) groups excluding carboxylic acids is 1. The van der Waals surface area contributed by atoms with Gasteiger partial charge < -0.3 is 14.2 Å². The van der Waals surface area contributed by atoms with Gasteiger partial charge in [0.2, 0.25) is 0 Å². The molecule has 4 heteroatoms. The monoisotopic (exact) mass is 332 g/mol. The summed E-state index contributed by atoms with van der Waals surface area (Å²) in [4.78, 5) is 14.8. The lowest BCUT2D eigenvalue weighted by Crippen LogP contribution is -2.42. The standard InChI is InChI=1S/C21H20N2O2/c24-21(18-9-6-10-19(15-18)22-11-4-5-12-22)23-13-14-25-20(16-23)17-7-2-1-3-8-17/h1-12,15,20H,13-14,16H2/t20-/m0/s1. The lowest BCUT2D eigenvalue weighted by molar-refractivity contribution is -0.0228. The van der Waals surface area contributed by atoms with Crippen molar-refractivity contribution in [2.45, 2.75) is 6.10 Å². The molecule has 0 radical (unpaired) electrons. The Balaban J connectivity index is 1.53. The van der Waals surface area contributed by atoms with Gasteiger partial charge in [0.15, 0.2) is 0 Å². The molecule has 1 aliphatic heterocycles. The number of aromatic nitrogens is 1. The van der Waals surface area contributed by atoms with E-state index in [0.717, 1.165) is 11.3 Å². The summed E-state index contributed by atoms with van der Waals surface area (Å²) in [5, 5.41) is 0. The molecule has 1 amide bonds. The highest BCUT2D eigenvalue weighted by Crippen LogP contribution is 2.23. The zero-order valence-corrected chi connectivity index (χ0v) is 13.9. The Hall–Kier alpha value is -2.85. The van der Waals surface area contributed by atoms with Gasteiger partial charge in [0.1, 0.15) is 6.10 Å². The van der Waals surface area contributed by atoms with Crippen LogP contribution in [-0.2, 0) is 4.74 Å². The van der Waals surface area contributed by atoms with Crippen LogP contribution in [-0.4, -0.2) is 35.1 Å². The number of carbonyl (C=O) groups is 1. The molecule has 0 saturated carbocycles. The third kappa shape index (κ3) is 3.35. The van der Waals surface area contributed by atoms with Crippen LogP contribution in [0.2, 0.25) is 0 Å². The van der Waals surface area contributed by atoms with Crippen molar-refractivity contribution < 1.29 is 9.53 Å². The van der Waals surface area contributed by atoms with Crippen LogP contribution < -0.4 is 0 Å². The van der Waals surface area contributed by atoms with E-state index in [0.29, 0.717) is 25.3 Å². The number of ether oxygens (including phenoxy) is 1. The van der Waals surface area contributed by atoms with Crippen LogP contribution in [0.1, 0.15) is 22.0 Å². The molecule has 0 bridgehead atoms. The predicted octanol–water partition coefficient (Wildman–Crippen LogP) is 3.69. The largest absolute Gasteiger partial charge is 0.370 e. The molecule has 4 nitrogen and oxygen atoms in total. The second-order valence-corrected chi connectivity index (χ2v) is 6.16. The third-order valence-corrected chi connectivity index (χ3v) is 4.52. The van der Waals surface area contributed by atoms with Crippen LogP contribution in [0.4, 0.5) is 0 Å². The van der Waals surface area contributed by atoms with Gasteiger partial charge >= 0.3 is 0 Å². The molecule has 2 aromatic carbocycles. The highest BCUT2D eigenvalue weighted by molar-refractivity contribution is 5.94. The van der Waals surface area contributed by atoms with E-state index in [1.54, 1.807) is 0 Å². The molecule has 1 aliphatic rings. The van der Waals surface area contributed by atoms with E-state index in [2.05, 4.69) is 0 Å². The molecule has 4 rings (SSSR count). The molecule has 1 fully saturated rings. The van der Waals surface area contributed by atoms with Crippen molar-refractivity contribution in [1.29, 1.82) is 0 Å². The Morgan fingerprint density at radius 3 is 2.56 bits per heavy atom. The smallest absolute Gasteiger partial charge is 0.254 e. The van der Waals surface area contributed by atoms with E-state index in [-0.39, 0.29) is 12.0 Å². The summed E-state index contributed by atoms with van der Waals surface area (Å²) in [6.45, 7) is 1.76. The van der Waals surface area contributed by atoms with E-state index >= 15 is 0 Å². The summed E-state index contributed by atoms with van der Waals surface area (Å²) in [6, 6.07) is 21.8. The first-order valence-corrected chi connectivity index (χ1v) is 8.50. The number of hydrogen-bond donors (Lipinski definition) is 0. The fraction of sp³-hybridized carbons (Fsp3) is 0.190. The average molecular weight is 332 g/mol. The molecule has 3 aromatic rings. The van der Waals surface area contributed by atoms with Gasteiger partial charge in [0, 0.05) is 30.2 Å². The maximum Gasteiger partial charge on any atom is 0.254 e. The Morgan fingerprint density at radius 1 is 0.960 bits per heavy atom. The lowest BCUT2D eigenvalue weighted by atomic mass is 10.1. The van der Waals surface area contributed by atoms with Crippen LogP contribution in [0, 0.1) is 0 Å². The lowest BCUT2D eigenvalue weighted by Gasteiger charge is -2.33. The van der Waals surface area contributed by atoms with Gasteiger partial charge in [-0.3, -0.25) is 4.79 Å². The van der Waals surface area contributed by atoms with E-state index < -0.39 is 0 Å². The molecule has 25 heavy (non-hydrogen) atoms. The fourth-order valence-electron chi connectivity index (χ4n) is 3.19. The van der Waals surface area contributed by atoms with Crippen molar-refractivity contribution in [3.8, 4) is 5.69 Å². The normalized spacial score (nSPS) is 17.4. The molecule has 1 aromatic heterocycles. The van der Waals surface area contributed by atoms with Crippen LogP contribution in [0.5, 0.6) is 0 Å². The van der Waals surface area contributed by atoms with Crippen LogP contribution in [0.15, 0.2) is 79.1 Å². The van der Waals surface area contributed by atoms with Gasteiger partial charge in [0.25, 0.3) is 5.91 Å². The molecule has 0 unspecified atom stereocenters. The van der Waals surface area contributed by atoms with Gasteiger partial charge in [-0.1, -0.05) is 36.4 Å². The number of amides is 1. The maximum atomic E-state index is 13.0. The quantitative estimate of drug-likeness (QED) is 0.733. The second kappa shape index (κ2) is 6.95. The van der Waals surface area contributed by atoms with Crippen molar-refractivity contribution >= 4 is 5.91 Å². The summed E-state index contributed by atoms with van der Waals surface area (Å²) < 4.78 is 7.87. The first kappa shape index (κ1) is 15.7. The summed E-state index contributed by atoms with van der Waals surface area (Å²) in [6.07, 6.45) is 3.89. The van der Waals surface area contributed by atoms with Crippen molar-refractivity contribution in [3.05, 3.63) is 90.3 Å². The molecule has 2 heterocycles. The maximum absolute atomic E-state index is 13.0. The van der Waals surface area contributed by atoms with E-state index in [4.69, 9.17) is 4.74 Å². The minimum absolute atomic E-state index is 0.0539. The minimum Gasteiger partial charge on any atom is -0.370 e. The minimum atomic E-state index is -0.0634. The van der Waals surface area contributed by atoms with Crippen molar-refractivity contribution in [2.75, 3.05) is 19.7 Å². The molecule has 1 atom stereocenters. The Kier molecular flexibility index (Phi) is 4.36. The Labute approximate surface area is 147 Å². The van der Waals surface area contributed by atoms with Gasteiger partial charge in [-0.05, 0) is 35.9 Å². The fourth-order valence-corrected chi connectivity index (χ4v) is 3.19. The first-order chi connectivity index (χ1) is 12.3. The molecule has 0 aliphatic carbocycles. The summed E-state index contributed by atoms with van der Waals surface area (Å²) in [5.74, 6) is 0.0539. The zero-order chi connectivity index (χ0) is 17.1. The molecule has 126 valence electrons. The van der Waals surface area contributed by atoms with Crippen molar-refractivity contribution in [2.24, 2.45) is 0 Å². The van der Waals surface area contributed by atoms with Gasteiger partial charge in [0.05, 0.1) is 13.2 Å². The molecule has 1 saturated heterocycles. The molecule has 0 N–H and O–H groups in total. The SMILES string of the molecule is O=C(c1cccc(-n2cccc2)c1)N1CCO[C@H](c2ccccc2)C1. The number of benzene rings is 2. The first-order valence-electron chi connectivity index (χ1n) is 8.50. The molecular formula is C21H20N2O2. The number of rotatable bonds is 3. The Bertz CT molecular complexity index is 843.